The van der Waals surface area contributed by atoms with E-state index in [4.69, 9.17) is 5.73 Å². The fourth-order valence-electron chi connectivity index (χ4n) is 1.54. The van der Waals surface area contributed by atoms with Crippen LogP contribution in [0.3, 0.4) is 0 Å². The van der Waals surface area contributed by atoms with E-state index >= 15 is 0 Å². The molecule has 1 atom stereocenters. The SMILES string of the molecule is CSCC[C@H](N)C(=O)N1CCCC1.Cl. The first-order valence-electron chi connectivity index (χ1n) is 4.79. The molecule has 1 rings (SSSR count). The lowest BCUT2D eigenvalue weighted by molar-refractivity contribution is -0.131. The zero-order valence-electron chi connectivity index (χ0n) is 8.57. The van der Waals surface area contributed by atoms with Crippen LogP contribution in [0.5, 0.6) is 0 Å². The predicted octanol–water partition coefficient (Wildman–Crippen LogP) is 1.11. The number of rotatable bonds is 4. The summed E-state index contributed by atoms with van der Waals surface area (Å²) in [5, 5.41) is 0. The number of nitrogens with zero attached hydrogens (tertiary/aromatic N) is 1. The molecule has 5 heteroatoms. The average molecular weight is 239 g/mol. The normalized spacial score (nSPS) is 17.7. The fourth-order valence-corrected chi connectivity index (χ4v) is 2.03. The summed E-state index contributed by atoms with van der Waals surface area (Å²) in [5.41, 5.74) is 5.78. The summed E-state index contributed by atoms with van der Waals surface area (Å²) < 4.78 is 0. The molecule has 0 spiro atoms. The minimum absolute atomic E-state index is 0. The van der Waals surface area contributed by atoms with Crippen LogP contribution in [0, 0.1) is 0 Å². The van der Waals surface area contributed by atoms with E-state index in [0.717, 1.165) is 38.1 Å². The van der Waals surface area contributed by atoms with Gasteiger partial charge in [-0.25, -0.2) is 0 Å². The molecule has 0 radical (unpaired) electrons. The van der Waals surface area contributed by atoms with Gasteiger partial charge in [-0.3, -0.25) is 4.79 Å². The molecule has 0 aromatic rings. The Morgan fingerprint density at radius 3 is 2.57 bits per heavy atom. The van der Waals surface area contributed by atoms with Gasteiger partial charge in [-0.2, -0.15) is 11.8 Å². The Balaban J connectivity index is 0.00000169. The van der Waals surface area contributed by atoms with Crippen molar-refractivity contribution in [1.29, 1.82) is 0 Å². The first kappa shape index (κ1) is 14.1. The molecule has 3 nitrogen and oxygen atoms in total. The van der Waals surface area contributed by atoms with Gasteiger partial charge in [0, 0.05) is 13.1 Å². The Hall–Kier alpha value is 0.0700. The maximum atomic E-state index is 11.6. The Labute approximate surface area is 96.2 Å². The van der Waals surface area contributed by atoms with Gasteiger partial charge in [-0.05, 0) is 31.3 Å². The quantitative estimate of drug-likeness (QED) is 0.798. The highest BCUT2D eigenvalue weighted by Gasteiger charge is 2.22. The number of amides is 1. The van der Waals surface area contributed by atoms with Gasteiger partial charge >= 0.3 is 0 Å². The van der Waals surface area contributed by atoms with Gasteiger partial charge in [0.25, 0.3) is 0 Å². The molecule has 1 fully saturated rings. The van der Waals surface area contributed by atoms with Gasteiger partial charge in [-0.1, -0.05) is 0 Å². The highest BCUT2D eigenvalue weighted by Crippen LogP contribution is 2.10. The second-order valence-electron chi connectivity index (χ2n) is 3.42. The van der Waals surface area contributed by atoms with Gasteiger partial charge in [0.1, 0.15) is 0 Å². The fraction of sp³-hybridized carbons (Fsp3) is 0.889. The van der Waals surface area contributed by atoms with E-state index in [1.54, 1.807) is 11.8 Å². The third kappa shape index (κ3) is 4.07. The monoisotopic (exact) mass is 238 g/mol. The number of thioether (sulfide) groups is 1. The first-order chi connectivity index (χ1) is 6.25. The van der Waals surface area contributed by atoms with Gasteiger partial charge < -0.3 is 10.6 Å². The highest BCUT2D eigenvalue weighted by molar-refractivity contribution is 7.98. The molecule has 1 amide bonds. The molecule has 1 heterocycles. The summed E-state index contributed by atoms with van der Waals surface area (Å²) in [7, 11) is 0. The molecule has 0 aliphatic carbocycles. The lowest BCUT2D eigenvalue weighted by Gasteiger charge is -2.19. The van der Waals surface area contributed by atoms with Crippen LogP contribution in [0.15, 0.2) is 0 Å². The number of carbonyl (C=O) groups is 1. The van der Waals surface area contributed by atoms with Crippen molar-refractivity contribution in [3.8, 4) is 0 Å². The molecule has 1 aliphatic heterocycles. The molecule has 14 heavy (non-hydrogen) atoms. The zero-order chi connectivity index (χ0) is 9.68. The summed E-state index contributed by atoms with van der Waals surface area (Å²) in [6.45, 7) is 1.82. The van der Waals surface area contributed by atoms with E-state index < -0.39 is 0 Å². The summed E-state index contributed by atoms with van der Waals surface area (Å²) in [4.78, 5) is 13.5. The van der Waals surface area contributed by atoms with Crippen molar-refractivity contribution >= 4 is 30.1 Å². The molecule has 0 aromatic carbocycles. The van der Waals surface area contributed by atoms with Crippen LogP contribution in [-0.2, 0) is 4.79 Å². The van der Waals surface area contributed by atoms with Gasteiger partial charge in [0.05, 0.1) is 6.04 Å². The molecule has 1 aliphatic rings. The number of hydrogen-bond donors (Lipinski definition) is 1. The smallest absolute Gasteiger partial charge is 0.239 e. The van der Waals surface area contributed by atoms with Crippen molar-refractivity contribution in [1.82, 2.24) is 4.90 Å². The number of halogens is 1. The minimum atomic E-state index is -0.273. The summed E-state index contributed by atoms with van der Waals surface area (Å²) >= 11 is 1.74. The maximum absolute atomic E-state index is 11.6. The molecule has 0 unspecified atom stereocenters. The van der Waals surface area contributed by atoms with Crippen molar-refractivity contribution in [2.45, 2.75) is 25.3 Å². The summed E-state index contributed by atoms with van der Waals surface area (Å²) in [6.07, 6.45) is 5.12. The number of nitrogens with two attached hydrogens (primary N) is 1. The number of likely N-dealkylation sites (tertiary alicyclic amines) is 1. The predicted molar refractivity (Wildman–Crippen MR) is 64.0 cm³/mol. The average Bonchev–Trinajstić information content (AvgIpc) is 2.65. The maximum Gasteiger partial charge on any atom is 0.239 e. The lowest BCUT2D eigenvalue weighted by atomic mass is 10.2. The molecule has 1 saturated heterocycles. The van der Waals surface area contributed by atoms with Crippen molar-refractivity contribution in [3.63, 3.8) is 0 Å². The zero-order valence-corrected chi connectivity index (χ0v) is 10.2. The van der Waals surface area contributed by atoms with E-state index in [1.807, 2.05) is 11.2 Å². The molecule has 0 aromatic heterocycles. The van der Waals surface area contributed by atoms with Crippen LogP contribution in [0.25, 0.3) is 0 Å². The van der Waals surface area contributed by atoms with Gasteiger partial charge in [0.15, 0.2) is 0 Å². The van der Waals surface area contributed by atoms with Gasteiger partial charge in [-0.15, -0.1) is 12.4 Å². The summed E-state index contributed by atoms with van der Waals surface area (Å²) in [5.74, 6) is 1.12. The van der Waals surface area contributed by atoms with Gasteiger partial charge in [0.2, 0.25) is 5.91 Å². The topological polar surface area (TPSA) is 46.3 Å². The van der Waals surface area contributed by atoms with E-state index in [-0.39, 0.29) is 24.4 Å². The van der Waals surface area contributed by atoms with Crippen LogP contribution >= 0.6 is 24.2 Å². The van der Waals surface area contributed by atoms with Crippen LogP contribution in [0.4, 0.5) is 0 Å². The van der Waals surface area contributed by atoms with E-state index in [1.165, 1.54) is 0 Å². The summed E-state index contributed by atoms with van der Waals surface area (Å²) in [6, 6.07) is -0.273. The Bertz CT molecular complexity index is 174. The van der Waals surface area contributed by atoms with Crippen LogP contribution in [-0.4, -0.2) is 41.9 Å². The van der Waals surface area contributed by atoms with Crippen LogP contribution < -0.4 is 5.73 Å². The first-order valence-corrected chi connectivity index (χ1v) is 6.18. The molecular formula is C9H19ClN2OS. The Morgan fingerprint density at radius 1 is 1.50 bits per heavy atom. The third-order valence-corrected chi connectivity index (χ3v) is 3.01. The molecule has 0 bridgehead atoms. The van der Waals surface area contributed by atoms with Crippen LogP contribution in [0.1, 0.15) is 19.3 Å². The lowest BCUT2D eigenvalue weighted by Crippen LogP contribution is -2.42. The molecule has 0 saturated carbocycles. The number of hydrogen-bond acceptors (Lipinski definition) is 3. The number of carbonyl (C=O) groups excluding carboxylic acids is 1. The second kappa shape index (κ2) is 7.37. The van der Waals surface area contributed by atoms with Crippen molar-refractivity contribution < 1.29 is 4.79 Å². The molecule has 84 valence electrons. The minimum Gasteiger partial charge on any atom is -0.341 e. The largest absolute Gasteiger partial charge is 0.341 e. The Kier molecular flexibility index (Phi) is 7.41. The Morgan fingerprint density at radius 2 is 2.07 bits per heavy atom. The van der Waals surface area contributed by atoms with Crippen LogP contribution in [0.2, 0.25) is 0 Å². The second-order valence-corrected chi connectivity index (χ2v) is 4.41. The molecule has 2 N–H and O–H groups in total. The van der Waals surface area contributed by atoms with Crippen molar-refractivity contribution in [2.24, 2.45) is 5.73 Å². The van der Waals surface area contributed by atoms with Crippen molar-refractivity contribution in [2.75, 3.05) is 25.1 Å². The highest BCUT2D eigenvalue weighted by atomic mass is 35.5. The van der Waals surface area contributed by atoms with E-state index in [2.05, 4.69) is 0 Å². The third-order valence-electron chi connectivity index (χ3n) is 2.37. The van der Waals surface area contributed by atoms with E-state index in [0.29, 0.717) is 0 Å². The van der Waals surface area contributed by atoms with Crippen molar-refractivity contribution in [3.05, 3.63) is 0 Å². The van der Waals surface area contributed by atoms with E-state index in [9.17, 15) is 4.79 Å². The molecular weight excluding hydrogens is 220 g/mol. The standard InChI is InChI=1S/C9H18N2OS.ClH/c1-13-7-4-8(10)9(12)11-5-2-3-6-11;/h8H,2-7,10H2,1H3;1H/t8-;/m0./s1.